The number of hydrogen-bond donors (Lipinski definition) is 4. The Hall–Kier alpha value is -3.50. The fourth-order valence-corrected chi connectivity index (χ4v) is 5.22. The number of carbonyl (C=O) groups is 2. The van der Waals surface area contributed by atoms with Crippen molar-refractivity contribution in [2.24, 2.45) is 5.92 Å². The average molecular weight is 658 g/mol. The number of para-hydroxylation sites is 1. The number of amides is 2. The van der Waals surface area contributed by atoms with Gasteiger partial charge < -0.3 is 30.9 Å². The van der Waals surface area contributed by atoms with Crippen LogP contribution in [0.3, 0.4) is 0 Å². The first kappa shape index (κ1) is 39.7. The molecule has 8 nitrogen and oxygen atoms in total. The zero-order valence-electron chi connectivity index (χ0n) is 29.3. The number of likely N-dealkylation sites (tertiary alicyclic amines) is 1. The van der Waals surface area contributed by atoms with Crippen molar-refractivity contribution < 1.29 is 23.1 Å². The van der Waals surface area contributed by atoms with Crippen LogP contribution in [0.1, 0.15) is 71.4 Å². The Labute approximate surface area is 281 Å². The quantitative estimate of drug-likeness (QED) is 0.348. The van der Waals surface area contributed by atoms with Crippen LogP contribution in [0.2, 0.25) is 0 Å². The van der Waals surface area contributed by atoms with E-state index in [-0.39, 0.29) is 30.3 Å². The molecule has 47 heavy (non-hydrogen) atoms. The Morgan fingerprint density at radius 1 is 0.957 bits per heavy atom. The van der Waals surface area contributed by atoms with Gasteiger partial charge in [0.15, 0.2) is 0 Å². The number of carbonyl (C=O) groups excluding carboxylic acids is 2. The Morgan fingerprint density at radius 3 is 2.26 bits per heavy atom. The lowest BCUT2D eigenvalue weighted by molar-refractivity contribution is -0.129. The molecule has 0 aromatic heterocycles. The van der Waals surface area contributed by atoms with Gasteiger partial charge >= 0.3 is 0 Å². The lowest BCUT2D eigenvalue weighted by atomic mass is 10.00. The van der Waals surface area contributed by atoms with Crippen molar-refractivity contribution in [3.63, 3.8) is 0 Å². The first-order valence-electron chi connectivity index (χ1n) is 17.1. The second kappa shape index (κ2) is 22.1. The molecular weight excluding hydrogens is 600 g/mol. The predicted molar refractivity (Wildman–Crippen MR) is 186 cm³/mol. The van der Waals surface area contributed by atoms with Gasteiger partial charge in [-0.2, -0.15) is 0 Å². The minimum absolute atomic E-state index is 0.123. The van der Waals surface area contributed by atoms with Crippen LogP contribution in [-0.2, 0) is 16.0 Å². The first-order valence-corrected chi connectivity index (χ1v) is 17.1. The second-order valence-electron chi connectivity index (χ2n) is 12.5. The molecule has 262 valence electrons. The largest absolute Gasteiger partial charge is 0.492 e. The number of rotatable bonds is 3. The number of fused-ring (bicyclic) bond motifs is 1. The third-order valence-electron chi connectivity index (χ3n) is 7.52. The van der Waals surface area contributed by atoms with Crippen LogP contribution < -0.4 is 26.0 Å². The zero-order valence-corrected chi connectivity index (χ0v) is 29.3. The van der Waals surface area contributed by atoms with E-state index in [4.69, 9.17) is 4.74 Å². The van der Waals surface area contributed by atoms with Crippen LogP contribution >= 0.6 is 0 Å². The van der Waals surface area contributed by atoms with Crippen molar-refractivity contribution in [3.05, 3.63) is 77.0 Å². The van der Waals surface area contributed by atoms with Gasteiger partial charge in [0.1, 0.15) is 30.0 Å². The lowest BCUT2D eigenvalue weighted by Gasteiger charge is -2.25. The number of hydrogen-bond acceptors (Lipinski definition) is 6. The maximum absolute atomic E-state index is 13.1. The molecule has 0 aliphatic carbocycles. The summed E-state index contributed by atoms with van der Waals surface area (Å²) in [6.45, 7) is 16.5. The van der Waals surface area contributed by atoms with Crippen LogP contribution in [0.5, 0.6) is 5.75 Å². The summed E-state index contributed by atoms with van der Waals surface area (Å²) in [6, 6.07) is 11.1. The fourth-order valence-electron chi connectivity index (χ4n) is 5.22. The molecule has 2 aliphatic rings. The third kappa shape index (κ3) is 16.2. The predicted octanol–water partition coefficient (Wildman–Crippen LogP) is 5.51. The van der Waals surface area contributed by atoms with E-state index in [1.54, 1.807) is 6.92 Å². The standard InChI is InChI=1S/C27H43N5O3.C7H6F2.C3H8/c1-4-9-23-16-28-21(3)19-35-25-11-6-5-10-22(25)14-20(2)15-30-27(34)24(31-26(33)17-29-23)18-32-12-7-8-13-32;1-5-2-6(8)4-7(9)3-5;1-3-2/h5-6,9-11,20-21,24,28-29H,4,7-8,12-19H2,1-3H3,(H,30,34)(H,31,33);2-4H,1H3;3H2,1-2H3/b23-9+;;/t20?,21-,24?;;/m0../s1. The summed E-state index contributed by atoms with van der Waals surface area (Å²) in [5, 5.41) is 12.8. The smallest absolute Gasteiger partial charge is 0.243 e. The summed E-state index contributed by atoms with van der Waals surface area (Å²) in [7, 11) is 0. The number of benzene rings is 2. The highest BCUT2D eigenvalue weighted by Crippen LogP contribution is 2.21. The van der Waals surface area contributed by atoms with Crippen molar-refractivity contribution >= 4 is 11.8 Å². The molecule has 0 saturated carbocycles. The van der Waals surface area contributed by atoms with E-state index in [0.717, 1.165) is 61.8 Å². The molecule has 10 heteroatoms. The van der Waals surface area contributed by atoms with Gasteiger partial charge in [-0.3, -0.25) is 9.59 Å². The Bertz CT molecular complexity index is 1200. The van der Waals surface area contributed by atoms with Gasteiger partial charge in [0, 0.05) is 37.4 Å². The van der Waals surface area contributed by atoms with Crippen molar-refractivity contribution in [1.82, 2.24) is 26.2 Å². The van der Waals surface area contributed by atoms with E-state index in [1.165, 1.54) is 18.6 Å². The molecule has 0 radical (unpaired) electrons. The van der Waals surface area contributed by atoms with Gasteiger partial charge in [0.25, 0.3) is 0 Å². The van der Waals surface area contributed by atoms with Crippen LogP contribution in [0.25, 0.3) is 0 Å². The minimum atomic E-state index is -0.569. The molecule has 2 aromatic rings. The van der Waals surface area contributed by atoms with E-state index in [1.807, 2.05) is 18.2 Å². The number of allylic oxidation sites excluding steroid dienone is 1. The molecule has 1 saturated heterocycles. The Kier molecular flexibility index (Phi) is 18.7. The Balaban J connectivity index is 0.000000539. The fraction of sp³-hybridized carbons (Fsp3) is 0.568. The van der Waals surface area contributed by atoms with Gasteiger partial charge in [0.05, 0.1) is 6.54 Å². The number of ether oxygens (including phenoxy) is 1. The molecule has 2 aliphatic heterocycles. The summed E-state index contributed by atoms with van der Waals surface area (Å²) < 4.78 is 30.5. The SMILES string of the molecule is CC/C=C1\CN[C@@H](C)COc2ccccc2CC(C)CNC(=O)C(CN2CCCC2)NC(=O)CN1.CCC.Cc1cc(F)cc(F)c1. The molecule has 3 atom stereocenters. The van der Waals surface area contributed by atoms with Crippen molar-refractivity contribution in [1.29, 1.82) is 0 Å². The number of nitrogens with zero attached hydrogens (tertiary/aromatic N) is 1. The second-order valence-corrected chi connectivity index (χ2v) is 12.5. The molecule has 0 spiro atoms. The summed E-state index contributed by atoms with van der Waals surface area (Å²) in [5.74, 6) is -0.222. The maximum atomic E-state index is 13.1. The molecule has 2 unspecified atom stereocenters. The van der Waals surface area contributed by atoms with E-state index < -0.39 is 17.7 Å². The molecule has 4 N–H and O–H groups in total. The highest BCUT2D eigenvalue weighted by molar-refractivity contribution is 5.88. The van der Waals surface area contributed by atoms with Gasteiger partial charge in [-0.1, -0.05) is 58.4 Å². The van der Waals surface area contributed by atoms with E-state index in [9.17, 15) is 18.4 Å². The Morgan fingerprint density at radius 2 is 1.62 bits per heavy atom. The number of nitrogens with one attached hydrogen (secondary N) is 4. The zero-order chi connectivity index (χ0) is 34.6. The molecule has 1 fully saturated rings. The number of aryl methyl sites for hydroxylation is 1. The summed E-state index contributed by atoms with van der Waals surface area (Å²) in [4.78, 5) is 28.2. The van der Waals surface area contributed by atoms with E-state index in [2.05, 4.69) is 72.9 Å². The first-order chi connectivity index (χ1) is 22.5. The summed E-state index contributed by atoms with van der Waals surface area (Å²) in [5.41, 5.74) is 2.70. The molecular formula is C37H57F2N5O3. The van der Waals surface area contributed by atoms with E-state index in [0.29, 0.717) is 31.8 Å². The van der Waals surface area contributed by atoms with Gasteiger partial charge in [-0.25, -0.2) is 8.78 Å². The van der Waals surface area contributed by atoms with Crippen LogP contribution in [-0.4, -0.2) is 74.7 Å². The van der Waals surface area contributed by atoms with Gasteiger partial charge in [-0.15, -0.1) is 0 Å². The van der Waals surface area contributed by atoms with Crippen LogP contribution in [0, 0.1) is 24.5 Å². The van der Waals surface area contributed by atoms with E-state index >= 15 is 0 Å². The minimum Gasteiger partial charge on any atom is -0.492 e. The van der Waals surface area contributed by atoms with Crippen LogP contribution in [0.4, 0.5) is 8.78 Å². The lowest BCUT2D eigenvalue weighted by Crippen LogP contribution is -2.54. The molecule has 2 heterocycles. The normalized spacial score (nSPS) is 22.4. The van der Waals surface area contributed by atoms with Crippen molar-refractivity contribution in [3.8, 4) is 5.75 Å². The molecule has 2 amide bonds. The highest BCUT2D eigenvalue weighted by Gasteiger charge is 2.25. The summed E-state index contributed by atoms with van der Waals surface area (Å²) >= 11 is 0. The monoisotopic (exact) mass is 657 g/mol. The maximum Gasteiger partial charge on any atom is 0.243 e. The van der Waals surface area contributed by atoms with Crippen LogP contribution in [0.15, 0.2) is 54.2 Å². The summed E-state index contributed by atoms with van der Waals surface area (Å²) in [6.07, 6.45) is 7.27. The molecule has 4 rings (SSSR count). The molecule has 0 bridgehead atoms. The number of halogens is 2. The highest BCUT2D eigenvalue weighted by atomic mass is 19.1. The topological polar surface area (TPSA) is 94.7 Å². The van der Waals surface area contributed by atoms with Gasteiger partial charge in [-0.05, 0) is 87.9 Å². The van der Waals surface area contributed by atoms with Crippen molar-refractivity contribution in [2.75, 3.05) is 45.9 Å². The molecule has 2 aromatic carbocycles. The average Bonchev–Trinajstić information content (AvgIpc) is 3.53. The van der Waals surface area contributed by atoms with Gasteiger partial charge in [0.2, 0.25) is 11.8 Å². The third-order valence-corrected chi connectivity index (χ3v) is 7.52. The van der Waals surface area contributed by atoms with Crippen molar-refractivity contribution in [2.45, 2.75) is 85.7 Å².